The number of hydrogen-bond donors (Lipinski definition) is 0. The standard InChI is InChI=1S/C14H21NO4/c1-9-8-11(18-12(9)16)10-6-5-7-15(10)13(17)19-14(2,3)4/h8,10-11H,5-7H2,1-4H3/t10-,11-/m1/s1. The highest BCUT2D eigenvalue weighted by atomic mass is 16.6. The van der Waals surface area contributed by atoms with E-state index in [1.165, 1.54) is 0 Å². The zero-order valence-corrected chi connectivity index (χ0v) is 11.9. The number of amides is 1. The Morgan fingerprint density at radius 3 is 2.68 bits per heavy atom. The van der Waals surface area contributed by atoms with Crippen molar-refractivity contribution in [3.63, 3.8) is 0 Å². The molecule has 0 aromatic carbocycles. The molecule has 0 aliphatic carbocycles. The summed E-state index contributed by atoms with van der Waals surface area (Å²) < 4.78 is 10.7. The molecular weight excluding hydrogens is 246 g/mol. The van der Waals surface area contributed by atoms with Gasteiger partial charge in [-0.1, -0.05) is 0 Å². The Morgan fingerprint density at radius 1 is 1.47 bits per heavy atom. The highest BCUT2D eigenvalue weighted by molar-refractivity contribution is 5.90. The van der Waals surface area contributed by atoms with E-state index in [-0.39, 0.29) is 24.2 Å². The van der Waals surface area contributed by atoms with Crippen molar-refractivity contribution < 1.29 is 19.1 Å². The number of carbonyl (C=O) groups is 2. The fourth-order valence-electron chi connectivity index (χ4n) is 2.44. The lowest BCUT2D eigenvalue weighted by Crippen LogP contribution is -2.44. The second-order valence-corrected chi connectivity index (χ2v) is 6.10. The van der Waals surface area contributed by atoms with E-state index in [1.54, 1.807) is 17.9 Å². The van der Waals surface area contributed by atoms with Gasteiger partial charge < -0.3 is 14.4 Å². The smallest absolute Gasteiger partial charge is 0.410 e. The molecule has 0 aromatic heterocycles. The van der Waals surface area contributed by atoms with Gasteiger partial charge in [-0.25, -0.2) is 9.59 Å². The van der Waals surface area contributed by atoms with Crippen molar-refractivity contribution in [2.45, 2.75) is 58.3 Å². The van der Waals surface area contributed by atoms with E-state index in [0.29, 0.717) is 12.1 Å². The molecule has 2 aliphatic heterocycles. The predicted molar refractivity (Wildman–Crippen MR) is 69.6 cm³/mol. The normalized spacial score (nSPS) is 27.3. The Labute approximate surface area is 113 Å². The number of rotatable bonds is 1. The van der Waals surface area contributed by atoms with Crippen LogP contribution in [0.25, 0.3) is 0 Å². The van der Waals surface area contributed by atoms with Gasteiger partial charge in [0.25, 0.3) is 0 Å². The van der Waals surface area contributed by atoms with Crippen LogP contribution in [0, 0.1) is 0 Å². The summed E-state index contributed by atoms with van der Waals surface area (Å²) in [5.74, 6) is -0.291. The highest BCUT2D eigenvalue weighted by Gasteiger charge is 2.40. The molecule has 5 heteroatoms. The van der Waals surface area contributed by atoms with Crippen LogP contribution < -0.4 is 0 Å². The third-order valence-electron chi connectivity index (χ3n) is 3.29. The van der Waals surface area contributed by atoms with E-state index >= 15 is 0 Å². The first-order chi connectivity index (χ1) is 8.78. The van der Waals surface area contributed by atoms with Crippen molar-refractivity contribution in [1.82, 2.24) is 4.90 Å². The maximum absolute atomic E-state index is 12.1. The van der Waals surface area contributed by atoms with Gasteiger partial charge in [-0.05, 0) is 46.6 Å². The highest BCUT2D eigenvalue weighted by Crippen LogP contribution is 2.28. The monoisotopic (exact) mass is 267 g/mol. The third-order valence-corrected chi connectivity index (χ3v) is 3.29. The summed E-state index contributed by atoms with van der Waals surface area (Å²) in [6.07, 6.45) is 2.88. The molecule has 2 rings (SSSR count). The molecule has 2 heterocycles. The van der Waals surface area contributed by atoms with E-state index in [1.807, 2.05) is 20.8 Å². The first kappa shape index (κ1) is 13.9. The summed E-state index contributed by atoms with van der Waals surface area (Å²) >= 11 is 0. The maximum Gasteiger partial charge on any atom is 0.410 e. The molecule has 2 aliphatic rings. The fourth-order valence-corrected chi connectivity index (χ4v) is 2.44. The first-order valence-corrected chi connectivity index (χ1v) is 6.67. The Morgan fingerprint density at radius 2 is 2.16 bits per heavy atom. The van der Waals surface area contributed by atoms with Gasteiger partial charge in [-0.15, -0.1) is 0 Å². The largest absolute Gasteiger partial charge is 0.453 e. The Hall–Kier alpha value is -1.52. The van der Waals surface area contributed by atoms with Crippen molar-refractivity contribution in [1.29, 1.82) is 0 Å². The molecule has 5 nitrogen and oxygen atoms in total. The summed E-state index contributed by atoms with van der Waals surface area (Å²) in [6, 6.07) is -0.101. The maximum atomic E-state index is 12.1. The Kier molecular flexibility index (Phi) is 3.56. The Bertz CT molecular complexity index is 422. The van der Waals surface area contributed by atoms with Gasteiger partial charge in [0.05, 0.1) is 6.04 Å². The summed E-state index contributed by atoms with van der Waals surface area (Å²) in [7, 11) is 0. The fraction of sp³-hybridized carbons (Fsp3) is 0.714. The lowest BCUT2D eigenvalue weighted by molar-refractivity contribution is -0.141. The quantitative estimate of drug-likeness (QED) is 0.684. The van der Waals surface area contributed by atoms with Gasteiger partial charge in [0, 0.05) is 12.1 Å². The topological polar surface area (TPSA) is 55.8 Å². The zero-order valence-electron chi connectivity index (χ0n) is 11.9. The molecule has 0 radical (unpaired) electrons. The second-order valence-electron chi connectivity index (χ2n) is 6.10. The number of likely N-dealkylation sites (tertiary alicyclic amines) is 1. The molecule has 1 amide bonds. The molecule has 2 atom stereocenters. The van der Waals surface area contributed by atoms with Crippen LogP contribution in [0.4, 0.5) is 4.79 Å². The molecule has 0 N–H and O–H groups in total. The zero-order chi connectivity index (χ0) is 14.2. The molecule has 0 spiro atoms. The van der Waals surface area contributed by atoms with E-state index in [4.69, 9.17) is 9.47 Å². The summed E-state index contributed by atoms with van der Waals surface area (Å²) in [4.78, 5) is 25.2. The van der Waals surface area contributed by atoms with Gasteiger partial charge in [0.1, 0.15) is 11.7 Å². The lowest BCUT2D eigenvalue weighted by atomic mass is 10.1. The van der Waals surface area contributed by atoms with Crippen molar-refractivity contribution in [2.75, 3.05) is 6.54 Å². The molecule has 106 valence electrons. The van der Waals surface area contributed by atoms with Crippen LogP contribution in [0.2, 0.25) is 0 Å². The lowest BCUT2D eigenvalue weighted by Gasteiger charge is -2.30. The average Bonchev–Trinajstić information content (AvgIpc) is 2.83. The minimum atomic E-state index is -0.512. The van der Waals surface area contributed by atoms with E-state index in [0.717, 1.165) is 12.8 Å². The molecular formula is C14H21NO4. The first-order valence-electron chi connectivity index (χ1n) is 6.67. The molecule has 0 saturated carbocycles. The molecule has 1 saturated heterocycles. The summed E-state index contributed by atoms with van der Waals surface area (Å²) in [6.45, 7) is 7.91. The van der Waals surface area contributed by atoms with Gasteiger partial charge in [0.2, 0.25) is 0 Å². The van der Waals surface area contributed by atoms with Crippen molar-refractivity contribution in [3.8, 4) is 0 Å². The van der Waals surface area contributed by atoms with Gasteiger partial charge in [-0.2, -0.15) is 0 Å². The van der Waals surface area contributed by atoms with Crippen LogP contribution >= 0.6 is 0 Å². The van der Waals surface area contributed by atoms with Crippen LogP contribution in [-0.4, -0.2) is 41.3 Å². The molecule has 1 fully saturated rings. The SMILES string of the molecule is CC1=C[C@H]([C@H]2CCCN2C(=O)OC(C)(C)C)OC1=O. The molecule has 0 bridgehead atoms. The number of carbonyl (C=O) groups excluding carboxylic acids is 2. The van der Waals surface area contributed by atoms with Crippen LogP contribution in [0.15, 0.2) is 11.6 Å². The second kappa shape index (κ2) is 4.87. The van der Waals surface area contributed by atoms with Gasteiger partial charge in [0.15, 0.2) is 0 Å². The third kappa shape index (κ3) is 3.08. The number of esters is 1. The number of nitrogens with zero attached hydrogens (tertiary/aromatic N) is 1. The minimum absolute atomic E-state index is 0.101. The molecule has 0 aromatic rings. The van der Waals surface area contributed by atoms with E-state index in [9.17, 15) is 9.59 Å². The number of hydrogen-bond acceptors (Lipinski definition) is 4. The van der Waals surface area contributed by atoms with Crippen LogP contribution in [0.3, 0.4) is 0 Å². The average molecular weight is 267 g/mol. The molecule has 0 unspecified atom stereocenters. The number of cyclic esters (lactones) is 1. The number of ether oxygens (including phenoxy) is 2. The summed E-state index contributed by atoms with van der Waals surface area (Å²) in [5.41, 5.74) is 0.100. The predicted octanol–water partition coefficient (Wildman–Crippen LogP) is 2.26. The van der Waals surface area contributed by atoms with Crippen LogP contribution in [-0.2, 0) is 14.3 Å². The van der Waals surface area contributed by atoms with Crippen LogP contribution in [0.5, 0.6) is 0 Å². The van der Waals surface area contributed by atoms with Gasteiger partial charge >= 0.3 is 12.1 Å². The van der Waals surface area contributed by atoms with Crippen LogP contribution in [0.1, 0.15) is 40.5 Å². The summed E-state index contributed by atoms with van der Waals surface area (Å²) in [5, 5.41) is 0. The molecule has 19 heavy (non-hydrogen) atoms. The van der Waals surface area contributed by atoms with E-state index < -0.39 is 5.60 Å². The van der Waals surface area contributed by atoms with Gasteiger partial charge in [-0.3, -0.25) is 0 Å². The van der Waals surface area contributed by atoms with Crippen molar-refractivity contribution in [3.05, 3.63) is 11.6 Å². The Balaban J connectivity index is 2.06. The van der Waals surface area contributed by atoms with Crippen molar-refractivity contribution in [2.24, 2.45) is 0 Å². The van der Waals surface area contributed by atoms with E-state index in [2.05, 4.69) is 0 Å². The minimum Gasteiger partial charge on any atom is -0.453 e. The van der Waals surface area contributed by atoms with Crippen molar-refractivity contribution >= 4 is 12.1 Å².